The molecular weight excluding hydrogens is 242 g/mol. The van der Waals surface area contributed by atoms with E-state index in [2.05, 4.69) is 17.3 Å². The molecule has 0 saturated carbocycles. The summed E-state index contributed by atoms with van der Waals surface area (Å²) in [5.74, 6) is 1.53. The summed E-state index contributed by atoms with van der Waals surface area (Å²) < 4.78 is 12.4. The first-order valence-corrected chi connectivity index (χ1v) is 6.12. The Morgan fingerprint density at radius 2 is 2.00 bits per heavy atom. The maximum atomic E-state index is 5.37. The monoisotopic (exact) mass is 261 g/mol. The zero-order chi connectivity index (χ0) is 13.8. The molecule has 0 saturated heterocycles. The van der Waals surface area contributed by atoms with Crippen molar-refractivity contribution in [2.75, 3.05) is 19.5 Å². The minimum Gasteiger partial charge on any atom is -0.497 e. The summed E-state index contributed by atoms with van der Waals surface area (Å²) in [4.78, 5) is 0. The van der Waals surface area contributed by atoms with E-state index in [1.165, 1.54) is 0 Å². The van der Waals surface area contributed by atoms with E-state index in [1.54, 1.807) is 20.4 Å². The number of nitrogens with one attached hydrogen (secondary N) is 1. The van der Waals surface area contributed by atoms with E-state index in [0.717, 1.165) is 22.9 Å². The topological polar surface area (TPSA) is 48.3 Å². The maximum Gasteiger partial charge on any atom is 0.145 e. The first kappa shape index (κ1) is 13.3. The maximum absolute atomic E-state index is 5.37. The van der Waals surface area contributed by atoms with Gasteiger partial charge in [-0.15, -0.1) is 0 Å². The molecular formula is C14H19N3O2. The lowest BCUT2D eigenvalue weighted by Gasteiger charge is -2.18. The summed E-state index contributed by atoms with van der Waals surface area (Å²) in [6.07, 6.45) is 1.79. The van der Waals surface area contributed by atoms with Gasteiger partial charge < -0.3 is 14.8 Å². The van der Waals surface area contributed by atoms with Gasteiger partial charge in [0.2, 0.25) is 0 Å². The lowest BCUT2D eigenvalue weighted by molar-refractivity contribution is 0.395. The Balaban J connectivity index is 2.21. The van der Waals surface area contributed by atoms with Crippen molar-refractivity contribution < 1.29 is 9.47 Å². The fourth-order valence-electron chi connectivity index (χ4n) is 2.03. The molecule has 1 heterocycles. The molecule has 0 aliphatic rings. The first-order valence-electron chi connectivity index (χ1n) is 6.12. The van der Waals surface area contributed by atoms with Gasteiger partial charge >= 0.3 is 0 Å². The highest BCUT2D eigenvalue weighted by Gasteiger charge is 2.12. The summed E-state index contributed by atoms with van der Waals surface area (Å²) in [5, 5.41) is 7.59. The van der Waals surface area contributed by atoms with Gasteiger partial charge in [-0.3, -0.25) is 4.68 Å². The molecule has 2 aromatic rings. The smallest absolute Gasteiger partial charge is 0.145 e. The van der Waals surface area contributed by atoms with E-state index < -0.39 is 0 Å². The minimum absolute atomic E-state index is 0.134. The number of benzene rings is 1. The van der Waals surface area contributed by atoms with Crippen molar-refractivity contribution in [1.29, 1.82) is 0 Å². The zero-order valence-corrected chi connectivity index (χ0v) is 11.7. The Morgan fingerprint density at radius 1 is 1.21 bits per heavy atom. The molecule has 0 aliphatic carbocycles. The fourth-order valence-corrected chi connectivity index (χ4v) is 2.03. The van der Waals surface area contributed by atoms with Gasteiger partial charge in [-0.05, 0) is 25.1 Å². The number of rotatable bonds is 5. The van der Waals surface area contributed by atoms with Gasteiger partial charge in [-0.2, -0.15) is 5.10 Å². The molecule has 1 aromatic carbocycles. The lowest BCUT2D eigenvalue weighted by Crippen LogP contribution is -2.12. The normalized spacial score (nSPS) is 12.0. The van der Waals surface area contributed by atoms with Crippen molar-refractivity contribution in [2.24, 2.45) is 7.05 Å². The van der Waals surface area contributed by atoms with E-state index in [9.17, 15) is 0 Å². The molecule has 19 heavy (non-hydrogen) atoms. The van der Waals surface area contributed by atoms with Gasteiger partial charge in [0.05, 0.1) is 31.6 Å². The molecule has 1 aromatic heterocycles. The van der Waals surface area contributed by atoms with Crippen LogP contribution >= 0.6 is 0 Å². The Bertz CT molecular complexity index is 551. The van der Waals surface area contributed by atoms with Crippen molar-refractivity contribution in [3.63, 3.8) is 0 Å². The predicted molar refractivity (Wildman–Crippen MR) is 74.8 cm³/mol. The van der Waals surface area contributed by atoms with E-state index >= 15 is 0 Å². The number of hydrogen-bond acceptors (Lipinski definition) is 4. The quantitative estimate of drug-likeness (QED) is 0.898. The third-order valence-electron chi connectivity index (χ3n) is 3.08. The summed E-state index contributed by atoms with van der Waals surface area (Å²) >= 11 is 0. The molecule has 1 atom stereocenters. The molecule has 5 nitrogen and oxygen atoms in total. The van der Waals surface area contributed by atoms with Crippen LogP contribution in [0.2, 0.25) is 0 Å². The van der Waals surface area contributed by atoms with Crippen LogP contribution in [-0.4, -0.2) is 24.0 Å². The van der Waals surface area contributed by atoms with Crippen LogP contribution in [0.4, 0.5) is 5.69 Å². The van der Waals surface area contributed by atoms with Crippen LogP contribution in [0.3, 0.4) is 0 Å². The van der Waals surface area contributed by atoms with Crippen LogP contribution in [0, 0.1) is 0 Å². The van der Waals surface area contributed by atoms with Gasteiger partial charge in [0.1, 0.15) is 11.5 Å². The molecule has 2 rings (SSSR count). The molecule has 0 amide bonds. The minimum atomic E-state index is 0.134. The molecule has 0 radical (unpaired) electrons. The number of aromatic nitrogens is 2. The summed E-state index contributed by atoms with van der Waals surface area (Å²) in [6.45, 7) is 2.08. The van der Waals surface area contributed by atoms with Crippen molar-refractivity contribution in [3.05, 3.63) is 36.2 Å². The predicted octanol–water partition coefficient (Wildman–Crippen LogP) is 2.61. The second kappa shape index (κ2) is 5.65. The molecule has 1 unspecified atom stereocenters. The second-order valence-electron chi connectivity index (χ2n) is 4.31. The number of methoxy groups -OCH3 is 2. The average Bonchev–Trinajstić information content (AvgIpc) is 2.85. The van der Waals surface area contributed by atoms with Gasteiger partial charge in [-0.25, -0.2) is 0 Å². The largest absolute Gasteiger partial charge is 0.497 e. The van der Waals surface area contributed by atoms with Crippen LogP contribution in [0.15, 0.2) is 30.5 Å². The van der Waals surface area contributed by atoms with Crippen LogP contribution < -0.4 is 14.8 Å². The molecule has 0 fully saturated rings. The number of hydrogen-bond donors (Lipinski definition) is 1. The summed E-state index contributed by atoms with van der Waals surface area (Å²) in [7, 11) is 5.22. The number of anilines is 1. The first-order chi connectivity index (χ1) is 9.15. The average molecular weight is 261 g/mol. The number of nitrogens with zero attached hydrogens (tertiary/aromatic N) is 2. The van der Waals surface area contributed by atoms with Crippen LogP contribution in [-0.2, 0) is 7.05 Å². The number of ether oxygens (including phenoxy) is 2. The molecule has 0 spiro atoms. The third-order valence-corrected chi connectivity index (χ3v) is 3.08. The molecule has 0 aliphatic heterocycles. The van der Waals surface area contributed by atoms with Crippen molar-refractivity contribution >= 4 is 5.69 Å². The van der Waals surface area contributed by atoms with Crippen molar-refractivity contribution in [1.82, 2.24) is 9.78 Å². The Hall–Kier alpha value is -2.17. The Morgan fingerprint density at radius 3 is 2.58 bits per heavy atom. The fraction of sp³-hybridized carbons (Fsp3) is 0.357. The third kappa shape index (κ3) is 2.81. The second-order valence-corrected chi connectivity index (χ2v) is 4.31. The Kier molecular flexibility index (Phi) is 3.94. The highest BCUT2D eigenvalue weighted by Crippen LogP contribution is 2.31. The van der Waals surface area contributed by atoms with Crippen LogP contribution in [0.5, 0.6) is 11.5 Å². The van der Waals surface area contributed by atoms with Gasteiger partial charge in [-0.1, -0.05) is 0 Å². The molecule has 102 valence electrons. The molecule has 0 bridgehead atoms. The molecule has 5 heteroatoms. The lowest BCUT2D eigenvalue weighted by atomic mass is 10.2. The summed E-state index contributed by atoms with van der Waals surface area (Å²) in [5.41, 5.74) is 2.04. The van der Waals surface area contributed by atoms with E-state index in [4.69, 9.17) is 9.47 Å². The highest BCUT2D eigenvalue weighted by atomic mass is 16.5. The van der Waals surface area contributed by atoms with E-state index in [-0.39, 0.29) is 6.04 Å². The van der Waals surface area contributed by atoms with E-state index in [0.29, 0.717) is 0 Å². The van der Waals surface area contributed by atoms with Gasteiger partial charge in [0, 0.05) is 19.3 Å². The van der Waals surface area contributed by atoms with Crippen LogP contribution in [0.1, 0.15) is 18.7 Å². The van der Waals surface area contributed by atoms with Gasteiger partial charge in [0.15, 0.2) is 0 Å². The Labute approximate surface area is 113 Å². The SMILES string of the molecule is COc1ccc(NC(C)c2ccnn2C)c(OC)c1. The van der Waals surface area contributed by atoms with Crippen molar-refractivity contribution in [3.8, 4) is 11.5 Å². The zero-order valence-electron chi connectivity index (χ0n) is 11.7. The highest BCUT2D eigenvalue weighted by molar-refractivity contribution is 5.59. The van der Waals surface area contributed by atoms with Gasteiger partial charge in [0.25, 0.3) is 0 Å². The van der Waals surface area contributed by atoms with Crippen molar-refractivity contribution in [2.45, 2.75) is 13.0 Å². The standard InChI is InChI=1S/C14H19N3O2/c1-10(13-7-8-15-17(13)2)16-12-6-5-11(18-3)9-14(12)19-4/h5-10,16H,1-4H3. The van der Waals surface area contributed by atoms with E-state index in [1.807, 2.05) is 36.0 Å². The number of aryl methyl sites for hydroxylation is 1. The summed E-state index contributed by atoms with van der Waals surface area (Å²) in [6, 6.07) is 7.84. The molecule has 1 N–H and O–H groups in total. The van der Waals surface area contributed by atoms with Crippen LogP contribution in [0.25, 0.3) is 0 Å².